The number of carbonyl (C=O) groups is 1. The third kappa shape index (κ3) is 3.56. The Balaban J connectivity index is 1.56. The van der Waals surface area contributed by atoms with Crippen LogP contribution in [0.25, 0.3) is 11.4 Å². The summed E-state index contributed by atoms with van der Waals surface area (Å²) in [5.74, 6) is 0.994. The van der Waals surface area contributed by atoms with Crippen molar-refractivity contribution in [3.05, 3.63) is 46.6 Å². The van der Waals surface area contributed by atoms with Gasteiger partial charge in [0.1, 0.15) is 5.76 Å². The molecule has 3 aromatic heterocycles. The van der Waals surface area contributed by atoms with E-state index in [4.69, 9.17) is 4.52 Å². The standard InChI is InChI=1S/C15H14N4O2S/c1-10-8-13(19-21-10)18-14(20)5-6-15-17-12(9-22-15)11-4-2-3-7-16-11/h2-4,7-9H,5-6H2,1H3,(H,18,19,20). The number of pyridine rings is 1. The molecule has 0 spiro atoms. The lowest BCUT2D eigenvalue weighted by molar-refractivity contribution is -0.116. The van der Waals surface area contributed by atoms with E-state index in [0.29, 0.717) is 24.4 Å². The molecular formula is C15H14N4O2S. The van der Waals surface area contributed by atoms with Crippen LogP contribution >= 0.6 is 11.3 Å². The van der Waals surface area contributed by atoms with Crippen LogP contribution in [0, 0.1) is 6.92 Å². The number of hydrogen-bond acceptors (Lipinski definition) is 6. The molecule has 0 fully saturated rings. The van der Waals surface area contributed by atoms with Crippen molar-refractivity contribution in [3.8, 4) is 11.4 Å². The predicted molar refractivity (Wildman–Crippen MR) is 83.5 cm³/mol. The van der Waals surface area contributed by atoms with Crippen molar-refractivity contribution in [1.82, 2.24) is 15.1 Å². The highest BCUT2D eigenvalue weighted by Crippen LogP contribution is 2.20. The first-order valence-electron chi connectivity index (χ1n) is 6.80. The van der Waals surface area contributed by atoms with Gasteiger partial charge in [-0.15, -0.1) is 11.3 Å². The molecule has 0 radical (unpaired) electrons. The quantitative estimate of drug-likeness (QED) is 0.782. The summed E-state index contributed by atoms with van der Waals surface area (Å²) in [5.41, 5.74) is 1.68. The van der Waals surface area contributed by atoms with Crippen LogP contribution in [0.4, 0.5) is 5.82 Å². The lowest BCUT2D eigenvalue weighted by Gasteiger charge is -1.99. The Kier molecular flexibility index (Phi) is 4.24. The molecule has 0 atom stereocenters. The fourth-order valence-electron chi connectivity index (χ4n) is 1.91. The molecule has 3 heterocycles. The van der Waals surface area contributed by atoms with E-state index in [0.717, 1.165) is 16.4 Å². The Morgan fingerprint density at radius 2 is 2.27 bits per heavy atom. The molecule has 0 aliphatic rings. The van der Waals surface area contributed by atoms with Gasteiger partial charge in [0.05, 0.1) is 16.4 Å². The summed E-state index contributed by atoms with van der Waals surface area (Å²) >= 11 is 1.53. The molecule has 0 unspecified atom stereocenters. The van der Waals surface area contributed by atoms with Crippen LogP contribution in [0.3, 0.4) is 0 Å². The van der Waals surface area contributed by atoms with Gasteiger partial charge in [-0.25, -0.2) is 4.98 Å². The molecule has 0 saturated carbocycles. The molecule has 112 valence electrons. The average molecular weight is 314 g/mol. The number of amides is 1. The first-order valence-corrected chi connectivity index (χ1v) is 7.67. The van der Waals surface area contributed by atoms with Crippen LogP contribution in [0.1, 0.15) is 17.2 Å². The van der Waals surface area contributed by atoms with Crippen LogP contribution in [0.2, 0.25) is 0 Å². The molecule has 3 rings (SSSR count). The fraction of sp³-hybridized carbons (Fsp3) is 0.200. The van der Waals surface area contributed by atoms with Gasteiger partial charge in [0.25, 0.3) is 0 Å². The smallest absolute Gasteiger partial charge is 0.226 e. The number of rotatable bonds is 5. The third-order valence-corrected chi connectivity index (χ3v) is 3.85. The molecule has 0 aliphatic carbocycles. The molecule has 1 amide bonds. The first kappa shape index (κ1) is 14.4. The Labute approximate surface area is 131 Å². The fourth-order valence-corrected chi connectivity index (χ4v) is 2.70. The number of anilines is 1. The van der Waals surface area contributed by atoms with Crippen LogP contribution in [0.15, 0.2) is 40.4 Å². The second-order valence-corrected chi connectivity index (χ2v) is 5.66. The molecular weight excluding hydrogens is 300 g/mol. The maximum absolute atomic E-state index is 11.8. The largest absolute Gasteiger partial charge is 0.360 e. The minimum Gasteiger partial charge on any atom is -0.360 e. The van der Waals surface area contributed by atoms with E-state index in [1.165, 1.54) is 11.3 Å². The van der Waals surface area contributed by atoms with Crippen molar-refractivity contribution in [3.63, 3.8) is 0 Å². The van der Waals surface area contributed by atoms with Gasteiger partial charge in [-0.2, -0.15) is 0 Å². The van der Waals surface area contributed by atoms with Crippen LogP contribution in [-0.2, 0) is 11.2 Å². The maximum Gasteiger partial charge on any atom is 0.226 e. The van der Waals surface area contributed by atoms with E-state index in [-0.39, 0.29) is 5.91 Å². The van der Waals surface area contributed by atoms with Gasteiger partial charge in [-0.3, -0.25) is 9.78 Å². The lowest BCUT2D eigenvalue weighted by Crippen LogP contribution is -2.12. The summed E-state index contributed by atoms with van der Waals surface area (Å²) in [6.07, 6.45) is 2.67. The van der Waals surface area contributed by atoms with Gasteiger partial charge in [0.15, 0.2) is 5.82 Å². The van der Waals surface area contributed by atoms with Crippen molar-refractivity contribution in [1.29, 1.82) is 0 Å². The highest BCUT2D eigenvalue weighted by Gasteiger charge is 2.09. The molecule has 6 nitrogen and oxygen atoms in total. The van der Waals surface area contributed by atoms with Gasteiger partial charge in [-0.1, -0.05) is 11.2 Å². The first-order chi connectivity index (χ1) is 10.7. The summed E-state index contributed by atoms with van der Waals surface area (Å²) < 4.78 is 4.90. The number of nitrogens with one attached hydrogen (secondary N) is 1. The molecule has 0 aliphatic heterocycles. The number of carbonyl (C=O) groups excluding carboxylic acids is 1. The van der Waals surface area contributed by atoms with Crippen molar-refractivity contribution >= 4 is 23.1 Å². The van der Waals surface area contributed by atoms with Gasteiger partial charge >= 0.3 is 0 Å². The van der Waals surface area contributed by atoms with Crippen molar-refractivity contribution < 1.29 is 9.32 Å². The summed E-state index contributed by atoms with van der Waals surface area (Å²) in [4.78, 5) is 20.6. The molecule has 3 aromatic rings. The second-order valence-electron chi connectivity index (χ2n) is 4.71. The molecule has 22 heavy (non-hydrogen) atoms. The van der Waals surface area contributed by atoms with Gasteiger partial charge < -0.3 is 9.84 Å². The Hall–Kier alpha value is -2.54. The molecule has 1 N–H and O–H groups in total. The highest BCUT2D eigenvalue weighted by atomic mass is 32.1. The SMILES string of the molecule is Cc1cc(NC(=O)CCc2nc(-c3ccccn3)cs2)no1. The Bertz CT molecular complexity index is 767. The number of hydrogen-bond donors (Lipinski definition) is 1. The average Bonchev–Trinajstić information content (AvgIpc) is 3.15. The van der Waals surface area contributed by atoms with Crippen molar-refractivity contribution in [2.24, 2.45) is 0 Å². The van der Waals surface area contributed by atoms with E-state index < -0.39 is 0 Å². The summed E-state index contributed by atoms with van der Waals surface area (Å²) in [5, 5.41) is 9.28. The predicted octanol–water partition coefficient (Wildman–Crippen LogP) is 3.07. The molecule has 0 bridgehead atoms. The van der Waals surface area contributed by atoms with Crippen molar-refractivity contribution in [2.45, 2.75) is 19.8 Å². The summed E-state index contributed by atoms with van der Waals surface area (Å²) in [7, 11) is 0. The highest BCUT2D eigenvalue weighted by molar-refractivity contribution is 7.09. The second kappa shape index (κ2) is 6.48. The van der Waals surface area contributed by atoms with Crippen molar-refractivity contribution in [2.75, 3.05) is 5.32 Å². The zero-order valence-corrected chi connectivity index (χ0v) is 12.8. The van der Waals surface area contributed by atoms with E-state index in [9.17, 15) is 4.79 Å². The molecule has 7 heteroatoms. The number of thiazole rings is 1. The van der Waals surface area contributed by atoms with E-state index in [2.05, 4.69) is 20.4 Å². The van der Waals surface area contributed by atoms with E-state index in [1.54, 1.807) is 19.2 Å². The minimum atomic E-state index is -0.108. The number of aryl methyl sites for hydroxylation is 2. The Morgan fingerprint density at radius 3 is 3.00 bits per heavy atom. The summed E-state index contributed by atoms with van der Waals surface area (Å²) in [6.45, 7) is 1.78. The van der Waals surface area contributed by atoms with Crippen LogP contribution in [0.5, 0.6) is 0 Å². The Morgan fingerprint density at radius 1 is 1.36 bits per heavy atom. The van der Waals surface area contributed by atoms with Gasteiger partial charge in [0.2, 0.25) is 5.91 Å². The zero-order valence-electron chi connectivity index (χ0n) is 11.9. The topological polar surface area (TPSA) is 80.9 Å². The number of aromatic nitrogens is 3. The third-order valence-electron chi connectivity index (χ3n) is 2.94. The zero-order chi connectivity index (χ0) is 15.4. The summed E-state index contributed by atoms with van der Waals surface area (Å²) in [6, 6.07) is 7.39. The van der Waals surface area contributed by atoms with Gasteiger partial charge in [0, 0.05) is 30.5 Å². The molecule has 0 aromatic carbocycles. The maximum atomic E-state index is 11.8. The lowest BCUT2D eigenvalue weighted by atomic mass is 10.3. The van der Waals surface area contributed by atoms with E-state index in [1.807, 2.05) is 23.6 Å². The van der Waals surface area contributed by atoms with E-state index >= 15 is 0 Å². The number of nitrogens with zero attached hydrogens (tertiary/aromatic N) is 3. The molecule has 0 saturated heterocycles. The normalized spacial score (nSPS) is 10.6. The van der Waals surface area contributed by atoms with Gasteiger partial charge in [-0.05, 0) is 19.1 Å². The monoisotopic (exact) mass is 314 g/mol. The van der Waals surface area contributed by atoms with Crippen LogP contribution < -0.4 is 5.32 Å². The van der Waals surface area contributed by atoms with Crippen LogP contribution in [-0.4, -0.2) is 21.0 Å². The minimum absolute atomic E-state index is 0.108.